The number of likely N-dealkylation sites (N-methyl/N-ethyl adjacent to an activating group) is 1. The van der Waals surface area contributed by atoms with E-state index in [4.69, 9.17) is 0 Å². The summed E-state index contributed by atoms with van der Waals surface area (Å²) in [7, 11) is -2.01. The van der Waals surface area contributed by atoms with Crippen molar-refractivity contribution in [2.24, 2.45) is 0 Å². The molecule has 1 atom stereocenters. The summed E-state index contributed by atoms with van der Waals surface area (Å²) in [5.74, 6) is -0.157. The normalized spacial score (nSPS) is 17.5. The van der Waals surface area contributed by atoms with Crippen molar-refractivity contribution in [1.82, 2.24) is 9.21 Å². The number of nitrogens with zero attached hydrogens (tertiary/aromatic N) is 2. The van der Waals surface area contributed by atoms with Crippen LogP contribution in [0.25, 0.3) is 10.8 Å². The maximum absolute atomic E-state index is 13.3. The largest absolute Gasteiger partial charge is 0.340 e. The Morgan fingerprint density at radius 2 is 1.69 bits per heavy atom. The molecule has 5 nitrogen and oxygen atoms in total. The summed E-state index contributed by atoms with van der Waals surface area (Å²) in [5, 5.41) is 1.86. The minimum atomic E-state index is -3.74. The third-order valence-electron chi connectivity index (χ3n) is 5.46. The van der Waals surface area contributed by atoms with Gasteiger partial charge in [-0.15, -0.1) is 0 Å². The Balaban J connectivity index is 1.58. The van der Waals surface area contributed by atoms with Crippen molar-refractivity contribution < 1.29 is 13.2 Å². The van der Waals surface area contributed by atoms with E-state index in [2.05, 4.69) is 0 Å². The van der Waals surface area contributed by atoms with Crippen LogP contribution in [0.15, 0.2) is 77.7 Å². The standard InChI is InChI=1S/C23H24N2O3S/c1-24(17-18-8-3-2-4-9-18)23(26)22-12-7-15-25(22)29(27,28)21-14-13-19-10-5-6-11-20(19)16-21/h2-6,8-11,13-14,16,22H,7,12,15,17H2,1H3/t22-/m0/s1. The number of sulfonamides is 1. The fourth-order valence-electron chi connectivity index (χ4n) is 3.93. The van der Waals surface area contributed by atoms with Gasteiger partial charge in [0.2, 0.25) is 15.9 Å². The minimum Gasteiger partial charge on any atom is -0.340 e. The number of hydrogen-bond donors (Lipinski definition) is 0. The average molecular weight is 409 g/mol. The molecule has 1 amide bonds. The number of benzene rings is 3. The summed E-state index contributed by atoms with van der Waals surface area (Å²) in [6, 6.07) is 21.9. The molecule has 3 aromatic rings. The van der Waals surface area contributed by atoms with E-state index in [1.165, 1.54) is 4.31 Å². The van der Waals surface area contributed by atoms with Crippen LogP contribution >= 0.6 is 0 Å². The van der Waals surface area contributed by atoms with Crippen LogP contribution < -0.4 is 0 Å². The predicted molar refractivity (Wildman–Crippen MR) is 114 cm³/mol. The Bertz CT molecular complexity index is 1130. The molecule has 150 valence electrons. The molecule has 0 bridgehead atoms. The van der Waals surface area contributed by atoms with Gasteiger partial charge in [-0.05, 0) is 41.3 Å². The van der Waals surface area contributed by atoms with Gasteiger partial charge in [0.25, 0.3) is 0 Å². The molecule has 0 aliphatic carbocycles. The highest BCUT2D eigenvalue weighted by molar-refractivity contribution is 7.89. The van der Waals surface area contributed by atoms with Crippen molar-refractivity contribution in [3.63, 3.8) is 0 Å². The zero-order chi connectivity index (χ0) is 20.4. The Hall–Kier alpha value is -2.70. The van der Waals surface area contributed by atoms with Crippen molar-refractivity contribution in [2.45, 2.75) is 30.3 Å². The number of rotatable bonds is 5. The van der Waals surface area contributed by atoms with Crippen molar-refractivity contribution in [1.29, 1.82) is 0 Å². The Kier molecular flexibility index (Phi) is 5.39. The molecule has 3 aromatic carbocycles. The van der Waals surface area contributed by atoms with Crippen LogP contribution in [-0.4, -0.2) is 43.2 Å². The molecular weight excluding hydrogens is 384 g/mol. The number of hydrogen-bond acceptors (Lipinski definition) is 3. The maximum atomic E-state index is 13.3. The topological polar surface area (TPSA) is 57.7 Å². The molecule has 1 fully saturated rings. The fourth-order valence-corrected chi connectivity index (χ4v) is 5.61. The van der Waals surface area contributed by atoms with Crippen LogP contribution in [0.2, 0.25) is 0 Å². The number of amides is 1. The molecular formula is C23H24N2O3S. The summed E-state index contributed by atoms with van der Waals surface area (Å²) in [6.45, 7) is 0.824. The first kappa shape index (κ1) is 19.6. The van der Waals surface area contributed by atoms with Gasteiger partial charge in [-0.2, -0.15) is 4.31 Å². The van der Waals surface area contributed by atoms with Gasteiger partial charge in [-0.25, -0.2) is 8.42 Å². The SMILES string of the molecule is CN(Cc1ccccc1)C(=O)[C@@H]1CCCN1S(=O)(=O)c1ccc2ccccc2c1. The lowest BCUT2D eigenvalue weighted by Crippen LogP contribution is -2.46. The molecule has 0 saturated carbocycles. The van der Waals surface area contributed by atoms with E-state index in [9.17, 15) is 13.2 Å². The fraction of sp³-hybridized carbons (Fsp3) is 0.261. The van der Waals surface area contributed by atoms with Gasteiger partial charge in [0.05, 0.1) is 4.90 Å². The molecule has 0 radical (unpaired) electrons. The molecule has 4 rings (SSSR count). The third kappa shape index (κ3) is 3.91. The van der Waals surface area contributed by atoms with Gasteiger partial charge in [0, 0.05) is 20.1 Å². The Morgan fingerprint density at radius 3 is 2.45 bits per heavy atom. The Morgan fingerprint density at radius 1 is 1.00 bits per heavy atom. The first-order valence-corrected chi connectivity index (χ1v) is 11.2. The van der Waals surface area contributed by atoms with Crippen LogP contribution in [-0.2, 0) is 21.4 Å². The monoisotopic (exact) mass is 408 g/mol. The van der Waals surface area contributed by atoms with Crippen molar-refractivity contribution in [3.05, 3.63) is 78.4 Å². The molecule has 0 spiro atoms. The highest BCUT2D eigenvalue weighted by Gasteiger charge is 2.40. The van der Waals surface area contributed by atoms with E-state index in [0.29, 0.717) is 25.9 Å². The van der Waals surface area contributed by atoms with Gasteiger partial charge in [-0.3, -0.25) is 4.79 Å². The van der Waals surface area contributed by atoms with Gasteiger partial charge >= 0.3 is 0 Å². The second kappa shape index (κ2) is 7.97. The first-order chi connectivity index (χ1) is 14.0. The quantitative estimate of drug-likeness (QED) is 0.648. The molecule has 1 saturated heterocycles. The zero-order valence-corrected chi connectivity index (χ0v) is 17.2. The van der Waals surface area contributed by atoms with E-state index in [0.717, 1.165) is 16.3 Å². The lowest BCUT2D eigenvalue weighted by molar-refractivity contribution is -0.133. The third-order valence-corrected chi connectivity index (χ3v) is 7.36. The van der Waals surface area contributed by atoms with Crippen LogP contribution in [0, 0.1) is 0 Å². The van der Waals surface area contributed by atoms with Gasteiger partial charge in [0.1, 0.15) is 6.04 Å². The predicted octanol–water partition coefficient (Wildman–Crippen LogP) is 3.65. The minimum absolute atomic E-state index is 0.157. The molecule has 1 heterocycles. The van der Waals surface area contributed by atoms with Crippen LogP contribution in [0.3, 0.4) is 0 Å². The number of carbonyl (C=O) groups excluding carboxylic acids is 1. The summed E-state index contributed by atoms with van der Waals surface area (Å²) in [5.41, 5.74) is 1.02. The van der Waals surface area contributed by atoms with Crippen LogP contribution in [0.4, 0.5) is 0 Å². The molecule has 1 aliphatic heterocycles. The van der Waals surface area contributed by atoms with Crippen molar-refractivity contribution in [2.75, 3.05) is 13.6 Å². The van der Waals surface area contributed by atoms with Gasteiger partial charge < -0.3 is 4.90 Å². The van der Waals surface area contributed by atoms with E-state index < -0.39 is 16.1 Å². The van der Waals surface area contributed by atoms with Gasteiger partial charge in [-0.1, -0.05) is 60.7 Å². The van der Waals surface area contributed by atoms with Crippen LogP contribution in [0.1, 0.15) is 18.4 Å². The molecule has 0 unspecified atom stereocenters. The highest BCUT2D eigenvalue weighted by Crippen LogP contribution is 2.29. The highest BCUT2D eigenvalue weighted by atomic mass is 32.2. The molecule has 1 aliphatic rings. The summed E-state index contributed by atoms with van der Waals surface area (Å²) < 4.78 is 28.0. The van der Waals surface area contributed by atoms with Gasteiger partial charge in [0.15, 0.2) is 0 Å². The van der Waals surface area contributed by atoms with Crippen molar-refractivity contribution in [3.8, 4) is 0 Å². The number of carbonyl (C=O) groups is 1. The van der Waals surface area contributed by atoms with Crippen molar-refractivity contribution >= 4 is 26.7 Å². The maximum Gasteiger partial charge on any atom is 0.243 e. The summed E-state index contributed by atoms with van der Waals surface area (Å²) in [6.07, 6.45) is 1.23. The lowest BCUT2D eigenvalue weighted by atomic mass is 10.1. The van der Waals surface area contributed by atoms with E-state index >= 15 is 0 Å². The second-order valence-electron chi connectivity index (χ2n) is 7.46. The smallest absolute Gasteiger partial charge is 0.243 e. The second-order valence-corrected chi connectivity index (χ2v) is 9.35. The molecule has 29 heavy (non-hydrogen) atoms. The number of fused-ring (bicyclic) bond motifs is 1. The van der Waals surface area contributed by atoms with E-state index in [-0.39, 0.29) is 10.8 Å². The lowest BCUT2D eigenvalue weighted by Gasteiger charge is -2.27. The Labute approximate surface area is 171 Å². The zero-order valence-electron chi connectivity index (χ0n) is 16.4. The summed E-state index contributed by atoms with van der Waals surface area (Å²) >= 11 is 0. The molecule has 6 heteroatoms. The summed E-state index contributed by atoms with van der Waals surface area (Å²) in [4.78, 5) is 14.9. The average Bonchev–Trinajstić information content (AvgIpc) is 3.24. The first-order valence-electron chi connectivity index (χ1n) is 9.76. The van der Waals surface area contributed by atoms with E-state index in [1.54, 1.807) is 24.1 Å². The molecule has 0 N–H and O–H groups in total. The van der Waals surface area contributed by atoms with E-state index in [1.807, 2.05) is 60.7 Å². The van der Waals surface area contributed by atoms with Crippen LogP contribution in [0.5, 0.6) is 0 Å². The molecule has 0 aromatic heterocycles.